The highest BCUT2D eigenvalue weighted by Crippen LogP contribution is 2.35. The number of nitrogens with one attached hydrogen (secondary N) is 3. The van der Waals surface area contributed by atoms with E-state index in [0.717, 1.165) is 12.0 Å². The smallest absolute Gasteiger partial charge is 0.322 e. The summed E-state index contributed by atoms with van der Waals surface area (Å²) < 4.78 is 5.32. The van der Waals surface area contributed by atoms with Crippen molar-refractivity contribution in [3.8, 4) is 11.4 Å². The Morgan fingerprint density at radius 1 is 1.03 bits per heavy atom. The van der Waals surface area contributed by atoms with Crippen LogP contribution in [0.15, 0.2) is 71.3 Å². The molecule has 2 aliphatic rings. The van der Waals surface area contributed by atoms with E-state index in [1.54, 1.807) is 0 Å². The Morgan fingerprint density at radius 3 is 2.66 bits per heavy atom. The summed E-state index contributed by atoms with van der Waals surface area (Å²) in [7, 11) is 0. The van der Waals surface area contributed by atoms with Gasteiger partial charge in [-0.2, -0.15) is 4.98 Å². The first kappa shape index (κ1) is 24.3. The van der Waals surface area contributed by atoms with E-state index in [1.165, 1.54) is 41.2 Å². The van der Waals surface area contributed by atoms with Crippen LogP contribution in [0.25, 0.3) is 22.2 Å². The first-order valence-corrected chi connectivity index (χ1v) is 13.3. The van der Waals surface area contributed by atoms with Gasteiger partial charge in [0.25, 0.3) is 5.91 Å². The van der Waals surface area contributed by atoms with Crippen molar-refractivity contribution in [1.82, 2.24) is 26.1 Å². The Balaban J connectivity index is 1.09. The maximum atomic E-state index is 11.8. The first-order chi connectivity index (χ1) is 18.5. The molecule has 8 nitrogen and oxygen atoms in total. The minimum atomic E-state index is -0.686. The molecule has 194 valence electrons. The fourth-order valence-electron chi connectivity index (χ4n) is 5.85. The summed E-state index contributed by atoms with van der Waals surface area (Å²) in [6.45, 7) is 2.27. The molecule has 1 saturated carbocycles. The molecule has 2 heterocycles. The quantitative estimate of drug-likeness (QED) is 0.302. The van der Waals surface area contributed by atoms with Crippen LogP contribution in [0.1, 0.15) is 61.6 Å². The average molecular weight is 510 g/mol. The molecule has 2 fully saturated rings. The van der Waals surface area contributed by atoms with Gasteiger partial charge < -0.3 is 15.2 Å². The van der Waals surface area contributed by atoms with E-state index in [0.29, 0.717) is 23.7 Å². The molecule has 4 atom stereocenters. The third kappa shape index (κ3) is 5.04. The van der Waals surface area contributed by atoms with E-state index in [4.69, 9.17) is 4.52 Å². The molecule has 3 aromatic carbocycles. The molecule has 8 heteroatoms. The molecule has 1 aliphatic heterocycles. The van der Waals surface area contributed by atoms with Gasteiger partial charge in [0.05, 0.1) is 6.42 Å². The van der Waals surface area contributed by atoms with Gasteiger partial charge >= 0.3 is 6.03 Å². The molecule has 1 aliphatic carbocycles. The molecule has 6 rings (SSSR count). The fraction of sp³-hybridized carbons (Fsp3) is 0.333. The summed E-state index contributed by atoms with van der Waals surface area (Å²) >= 11 is 0. The molecular formula is C30H31N5O3. The molecule has 1 saturated heterocycles. The normalized spacial score (nSPS) is 22.3. The zero-order chi connectivity index (χ0) is 26.1. The minimum absolute atomic E-state index is 0.163. The Labute approximate surface area is 221 Å². The standard InChI is InChI=1S/C30H31N5O3/c1-18(24-11-5-7-20-6-2-3-10-25(20)24)31-23-9-4-8-22(16-23)19-12-14-21(15-13-19)28-33-27(38-35-28)17-26-29(36)34-30(37)32-26/h2-3,5-7,10-15,18,22-23,26,31H,4,8-9,16-17H2,1H3,(H2,32,34,36,37)/t18-,22?,23?,26?/m1/s1. The van der Waals surface area contributed by atoms with E-state index in [-0.39, 0.29) is 18.4 Å². The van der Waals surface area contributed by atoms with Crippen LogP contribution in [0.2, 0.25) is 0 Å². The summed E-state index contributed by atoms with van der Waals surface area (Å²) in [5.41, 5.74) is 3.54. The molecule has 38 heavy (non-hydrogen) atoms. The number of aromatic nitrogens is 2. The minimum Gasteiger partial charge on any atom is -0.339 e. The summed E-state index contributed by atoms with van der Waals surface area (Å²) in [5, 5.41) is 15.3. The monoisotopic (exact) mass is 509 g/mol. The molecule has 0 radical (unpaired) electrons. The number of nitrogens with zero attached hydrogens (tertiary/aromatic N) is 2. The number of carbonyl (C=O) groups is 2. The van der Waals surface area contributed by atoms with Gasteiger partial charge in [0.15, 0.2) is 0 Å². The van der Waals surface area contributed by atoms with Crippen LogP contribution in [0, 0.1) is 0 Å². The summed E-state index contributed by atoms with van der Waals surface area (Å²) in [6.07, 6.45) is 4.84. The Kier molecular flexibility index (Phi) is 6.64. The fourth-order valence-corrected chi connectivity index (χ4v) is 5.85. The number of carbonyl (C=O) groups excluding carboxylic acids is 2. The SMILES string of the molecule is C[C@@H](NC1CCCC(c2ccc(-c3noc(CC4NC(=O)NC4=O)n3)cc2)C1)c1cccc2ccccc12. The number of hydrogen-bond donors (Lipinski definition) is 3. The number of urea groups is 1. The predicted molar refractivity (Wildman–Crippen MR) is 144 cm³/mol. The highest BCUT2D eigenvalue weighted by molar-refractivity contribution is 6.04. The number of hydrogen-bond acceptors (Lipinski definition) is 6. The van der Waals surface area contributed by atoms with Crippen molar-refractivity contribution in [3.63, 3.8) is 0 Å². The summed E-state index contributed by atoms with van der Waals surface area (Å²) in [4.78, 5) is 27.5. The lowest BCUT2D eigenvalue weighted by Gasteiger charge is -2.32. The maximum absolute atomic E-state index is 11.8. The molecule has 0 bridgehead atoms. The number of amides is 3. The van der Waals surface area contributed by atoms with E-state index < -0.39 is 12.1 Å². The van der Waals surface area contributed by atoms with Gasteiger partial charge in [-0.05, 0) is 54.0 Å². The van der Waals surface area contributed by atoms with Gasteiger partial charge in [-0.3, -0.25) is 10.1 Å². The van der Waals surface area contributed by atoms with E-state index in [1.807, 2.05) is 12.1 Å². The van der Waals surface area contributed by atoms with Gasteiger partial charge in [-0.1, -0.05) is 78.3 Å². The molecule has 3 unspecified atom stereocenters. The van der Waals surface area contributed by atoms with Crippen molar-refractivity contribution >= 4 is 22.7 Å². The Morgan fingerprint density at radius 2 is 1.84 bits per heavy atom. The lowest BCUT2D eigenvalue weighted by molar-refractivity contribution is -0.120. The second kappa shape index (κ2) is 10.4. The predicted octanol–water partition coefficient (Wildman–Crippen LogP) is 5.02. The maximum Gasteiger partial charge on any atom is 0.322 e. The topological polar surface area (TPSA) is 109 Å². The second-order valence-electron chi connectivity index (χ2n) is 10.4. The second-order valence-corrected chi connectivity index (χ2v) is 10.4. The third-order valence-electron chi connectivity index (χ3n) is 7.80. The van der Waals surface area contributed by atoms with Crippen molar-refractivity contribution in [3.05, 3.63) is 83.7 Å². The van der Waals surface area contributed by atoms with Gasteiger partial charge in [-0.25, -0.2) is 4.79 Å². The van der Waals surface area contributed by atoms with Crippen LogP contribution in [0.4, 0.5) is 4.79 Å². The molecular weight excluding hydrogens is 478 g/mol. The molecule has 0 spiro atoms. The summed E-state index contributed by atoms with van der Waals surface area (Å²) in [6, 6.07) is 23.1. The van der Waals surface area contributed by atoms with Gasteiger partial charge in [0, 0.05) is 17.6 Å². The highest BCUT2D eigenvalue weighted by atomic mass is 16.5. The van der Waals surface area contributed by atoms with E-state index >= 15 is 0 Å². The molecule has 1 aromatic heterocycles. The largest absolute Gasteiger partial charge is 0.339 e. The van der Waals surface area contributed by atoms with Crippen LogP contribution in [-0.4, -0.2) is 34.2 Å². The molecule has 3 amide bonds. The van der Waals surface area contributed by atoms with Crippen LogP contribution < -0.4 is 16.0 Å². The third-order valence-corrected chi connectivity index (χ3v) is 7.80. The van der Waals surface area contributed by atoms with Crippen molar-refractivity contribution < 1.29 is 14.1 Å². The van der Waals surface area contributed by atoms with E-state index in [2.05, 4.69) is 87.6 Å². The lowest BCUT2D eigenvalue weighted by atomic mass is 9.80. The molecule has 3 N–H and O–H groups in total. The van der Waals surface area contributed by atoms with Crippen molar-refractivity contribution in [2.24, 2.45) is 0 Å². The number of rotatable bonds is 7. The Bertz CT molecular complexity index is 1460. The molecule has 4 aromatic rings. The summed E-state index contributed by atoms with van der Waals surface area (Å²) in [5.74, 6) is 0.905. The van der Waals surface area contributed by atoms with Crippen LogP contribution in [-0.2, 0) is 11.2 Å². The van der Waals surface area contributed by atoms with Gasteiger partial charge in [-0.15, -0.1) is 0 Å². The van der Waals surface area contributed by atoms with Gasteiger partial charge in [0.2, 0.25) is 11.7 Å². The lowest BCUT2D eigenvalue weighted by Crippen LogP contribution is -2.35. The van der Waals surface area contributed by atoms with Crippen molar-refractivity contribution in [2.45, 2.75) is 63.1 Å². The zero-order valence-corrected chi connectivity index (χ0v) is 21.3. The number of fused-ring (bicyclic) bond motifs is 1. The first-order valence-electron chi connectivity index (χ1n) is 13.3. The van der Waals surface area contributed by atoms with Crippen molar-refractivity contribution in [1.29, 1.82) is 0 Å². The van der Waals surface area contributed by atoms with Gasteiger partial charge in [0.1, 0.15) is 6.04 Å². The van der Waals surface area contributed by atoms with Crippen LogP contribution in [0.5, 0.6) is 0 Å². The number of imide groups is 1. The zero-order valence-electron chi connectivity index (χ0n) is 21.3. The average Bonchev–Trinajstić information content (AvgIpc) is 3.54. The van der Waals surface area contributed by atoms with Crippen LogP contribution in [0.3, 0.4) is 0 Å². The Hall–Kier alpha value is -4.04. The van der Waals surface area contributed by atoms with E-state index in [9.17, 15) is 9.59 Å². The highest BCUT2D eigenvalue weighted by Gasteiger charge is 2.31. The van der Waals surface area contributed by atoms with Crippen molar-refractivity contribution in [2.75, 3.05) is 0 Å². The number of benzene rings is 3. The van der Waals surface area contributed by atoms with Crippen LogP contribution >= 0.6 is 0 Å².